The normalized spacial score (nSPS) is 16.8. The summed E-state index contributed by atoms with van der Waals surface area (Å²) in [6, 6.07) is 12.3. The quantitative estimate of drug-likeness (QED) is 0.684. The van der Waals surface area contributed by atoms with Gasteiger partial charge in [0.2, 0.25) is 0 Å². The van der Waals surface area contributed by atoms with E-state index in [0.29, 0.717) is 6.04 Å². The van der Waals surface area contributed by atoms with Gasteiger partial charge >= 0.3 is 0 Å². The first-order valence-corrected chi connectivity index (χ1v) is 9.67. The Bertz CT molecular complexity index is 948. The number of fused-ring (bicyclic) bond motifs is 1. The number of methoxy groups -OCH3 is 2. The van der Waals surface area contributed by atoms with Gasteiger partial charge in [-0.15, -0.1) is 0 Å². The molecule has 1 aromatic heterocycles. The molecule has 1 aliphatic heterocycles. The molecule has 2 aromatic carbocycles. The lowest BCUT2D eigenvalue weighted by Crippen LogP contribution is -2.18. The van der Waals surface area contributed by atoms with Gasteiger partial charge in [-0.05, 0) is 61.7 Å². The van der Waals surface area contributed by atoms with Crippen LogP contribution in [0, 0.1) is 0 Å². The summed E-state index contributed by atoms with van der Waals surface area (Å²) in [7, 11) is 3.32. The number of hydrogen-bond donors (Lipinski definition) is 1. The zero-order chi connectivity index (χ0) is 18.8. The summed E-state index contributed by atoms with van der Waals surface area (Å²) in [6.07, 6.45) is 3.18. The summed E-state index contributed by atoms with van der Waals surface area (Å²) in [5.41, 5.74) is 3.28. The molecular weight excluding hydrogens is 362 g/mol. The highest BCUT2D eigenvalue weighted by molar-refractivity contribution is 6.31. The third-order valence-electron chi connectivity index (χ3n) is 5.18. The standard InChI is InChI=1S/C21H24ClN3O2/c1-26-19-8-5-14(12-20(19)27-2)9-11-25-18-13-15(22)6-7-16(18)24-21(25)17-4-3-10-23-17/h5-8,12-13,17,23H,3-4,9-11H2,1-2H3. The van der Waals surface area contributed by atoms with E-state index in [0.717, 1.165) is 59.3 Å². The predicted octanol–water partition coefficient (Wildman–Crippen LogP) is 4.37. The lowest BCUT2D eigenvalue weighted by molar-refractivity contribution is 0.354. The van der Waals surface area contributed by atoms with Crippen molar-refractivity contribution in [2.75, 3.05) is 20.8 Å². The number of ether oxygens (including phenoxy) is 2. The van der Waals surface area contributed by atoms with Crippen LogP contribution in [-0.4, -0.2) is 30.3 Å². The first-order valence-electron chi connectivity index (χ1n) is 9.29. The minimum Gasteiger partial charge on any atom is -0.493 e. The highest BCUT2D eigenvalue weighted by Gasteiger charge is 2.23. The minimum absolute atomic E-state index is 0.307. The van der Waals surface area contributed by atoms with Crippen molar-refractivity contribution in [1.29, 1.82) is 0 Å². The largest absolute Gasteiger partial charge is 0.493 e. The molecule has 0 bridgehead atoms. The number of imidazole rings is 1. The van der Waals surface area contributed by atoms with Crippen LogP contribution in [0.1, 0.15) is 30.3 Å². The molecule has 0 aliphatic carbocycles. The zero-order valence-corrected chi connectivity index (χ0v) is 16.4. The highest BCUT2D eigenvalue weighted by atomic mass is 35.5. The second-order valence-electron chi connectivity index (χ2n) is 6.84. The first-order chi connectivity index (χ1) is 13.2. The smallest absolute Gasteiger partial charge is 0.160 e. The summed E-state index contributed by atoms with van der Waals surface area (Å²) >= 11 is 6.26. The first kappa shape index (κ1) is 18.1. The van der Waals surface area contributed by atoms with Crippen molar-refractivity contribution in [3.05, 3.63) is 52.8 Å². The highest BCUT2D eigenvalue weighted by Crippen LogP contribution is 2.30. The van der Waals surface area contributed by atoms with Crippen molar-refractivity contribution in [1.82, 2.24) is 14.9 Å². The van der Waals surface area contributed by atoms with Gasteiger partial charge in [-0.3, -0.25) is 0 Å². The molecule has 1 atom stereocenters. The molecule has 6 heteroatoms. The van der Waals surface area contributed by atoms with Crippen LogP contribution in [0.3, 0.4) is 0 Å². The molecule has 0 radical (unpaired) electrons. The number of nitrogens with zero attached hydrogens (tertiary/aromatic N) is 2. The molecule has 0 saturated carbocycles. The fourth-order valence-electron chi connectivity index (χ4n) is 3.80. The fourth-order valence-corrected chi connectivity index (χ4v) is 3.96. The Morgan fingerprint density at radius 2 is 2.00 bits per heavy atom. The average molecular weight is 386 g/mol. The number of aromatic nitrogens is 2. The topological polar surface area (TPSA) is 48.3 Å². The fraction of sp³-hybridized carbons (Fsp3) is 0.381. The Kier molecular flexibility index (Phi) is 5.23. The molecule has 0 amide bonds. The number of hydrogen-bond acceptors (Lipinski definition) is 4. The Labute approximate surface area is 164 Å². The molecule has 1 unspecified atom stereocenters. The number of nitrogens with one attached hydrogen (secondary N) is 1. The molecule has 1 saturated heterocycles. The minimum atomic E-state index is 0.307. The van der Waals surface area contributed by atoms with Crippen LogP contribution in [0.4, 0.5) is 0 Å². The summed E-state index contributed by atoms with van der Waals surface area (Å²) < 4.78 is 13.1. The Hall–Kier alpha value is -2.24. The van der Waals surface area contributed by atoms with Crippen LogP contribution < -0.4 is 14.8 Å². The second kappa shape index (κ2) is 7.79. The van der Waals surface area contributed by atoms with Crippen LogP contribution in [0.15, 0.2) is 36.4 Å². The number of halogens is 1. The van der Waals surface area contributed by atoms with E-state index < -0.39 is 0 Å². The molecule has 142 valence electrons. The van der Waals surface area contributed by atoms with Crippen molar-refractivity contribution < 1.29 is 9.47 Å². The van der Waals surface area contributed by atoms with Crippen LogP contribution >= 0.6 is 11.6 Å². The summed E-state index contributed by atoms with van der Waals surface area (Å²) in [4.78, 5) is 4.91. The molecule has 4 rings (SSSR count). The van der Waals surface area contributed by atoms with Gasteiger partial charge in [0, 0.05) is 11.6 Å². The monoisotopic (exact) mass is 385 g/mol. The number of rotatable bonds is 6. The molecular formula is C21H24ClN3O2. The van der Waals surface area contributed by atoms with E-state index in [1.807, 2.05) is 30.3 Å². The van der Waals surface area contributed by atoms with Crippen molar-refractivity contribution in [2.24, 2.45) is 0 Å². The van der Waals surface area contributed by atoms with Crippen molar-refractivity contribution in [2.45, 2.75) is 31.8 Å². The van der Waals surface area contributed by atoms with E-state index in [4.69, 9.17) is 26.1 Å². The van der Waals surface area contributed by atoms with Gasteiger partial charge < -0.3 is 19.4 Å². The van der Waals surface area contributed by atoms with Crippen LogP contribution in [0.25, 0.3) is 11.0 Å². The molecule has 2 heterocycles. The van der Waals surface area contributed by atoms with Gasteiger partial charge in [0.1, 0.15) is 5.82 Å². The Balaban J connectivity index is 1.66. The zero-order valence-electron chi connectivity index (χ0n) is 15.7. The van der Waals surface area contributed by atoms with Gasteiger partial charge in [0.15, 0.2) is 11.5 Å². The molecule has 1 fully saturated rings. The third-order valence-corrected chi connectivity index (χ3v) is 5.42. The molecule has 1 N–H and O–H groups in total. The summed E-state index contributed by atoms with van der Waals surface area (Å²) in [5, 5.41) is 4.30. The lowest BCUT2D eigenvalue weighted by Gasteiger charge is -2.15. The van der Waals surface area contributed by atoms with Crippen LogP contribution in [-0.2, 0) is 13.0 Å². The van der Waals surface area contributed by atoms with Crippen LogP contribution in [0.2, 0.25) is 5.02 Å². The van der Waals surface area contributed by atoms with Gasteiger partial charge in [0.25, 0.3) is 0 Å². The van der Waals surface area contributed by atoms with Gasteiger partial charge in [-0.2, -0.15) is 0 Å². The Morgan fingerprint density at radius 1 is 1.15 bits per heavy atom. The molecule has 3 aromatic rings. The van der Waals surface area contributed by atoms with E-state index in [-0.39, 0.29) is 0 Å². The number of benzene rings is 2. The van der Waals surface area contributed by atoms with Crippen molar-refractivity contribution in [3.8, 4) is 11.5 Å². The van der Waals surface area contributed by atoms with Gasteiger partial charge in [0.05, 0.1) is 31.3 Å². The lowest BCUT2D eigenvalue weighted by atomic mass is 10.1. The number of aryl methyl sites for hydroxylation is 2. The van der Waals surface area contributed by atoms with Gasteiger partial charge in [-0.1, -0.05) is 17.7 Å². The average Bonchev–Trinajstić information content (AvgIpc) is 3.33. The maximum Gasteiger partial charge on any atom is 0.160 e. The van der Waals surface area contributed by atoms with E-state index >= 15 is 0 Å². The van der Waals surface area contributed by atoms with E-state index in [2.05, 4.69) is 16.0 Å². The second-order valence-corrected chi connectivity index (χ2v) is 7.28. The van der Waals surface area contributed by atoms with Crippen molar-refractivity contribution in [3.63, 3.8) is 0 Å². The molecule has 5 nitrogen and oxygen atoms in total. The predicted molar refractivity (Wildman–Crippen MR) is 108 cm³/mol. The molecule has 0 spiro atoms. The Morgan fingerprint density at radius 3 is 2.74 bits per heavy atom. The summed E-state index contributed by atoms with van der Waals surface area (Å²) in [5.74, 6) is 2.61. The third kappa shape index (κ3) is 3.62. The maximum atomic E-state index is 6.26. The molecule has 1 aliphatic rings. The SMILES string of the molecule is COc1ccc(CCn2c(C3CCCN3)nc3ccc(Cl)cc32)cc1OC. The van der Waals surface area contributed by atoms with Gasteiger partial charge in [-0.25, -0.2) is 4.98 Å². The molecule has 27 heavy (non-hydrogen) atoms. The van der Waals surface area contributed by atoms with Crippen molar-refractivity contribution >= 4 is 22.6 Å². The van der Waals surface area contributed by atoms with E-state index in [1.54, 1.807) is 14.2 Å². The maximum absolute atomic E-state index is 6.26. The van der Waals surface area contributed by atoms with E-state index in [1.165, 1.54) is 12.0 Å². The van der Waals surface area contributed by atoms with E-state index in [9.17, 15) is 0 Å². The van der Waals surface area contributed by atoms with Crippen LogP contribution in [0.5, 0.6) is 11.5 Å². The summed E-state index contributed by atoms with van der Waals surface area (Å²) in [6.45, 7) is 1.88.